The fourth-order valence-corrected chi connectivity index (χ4v) is 5.90. The van der Waals surface area contributed by atoms with Gasteiger partial charge in [0.2, 0.25) is 5.91 Å². The molecule has 194 valence electrons. The summed E-state index contributed by atoms with van der Waals surface area (Å²) in [5, 5.41) is 3.65. The third-order valence-electron chi connectivity index (χ3n) is 7.83. The van der Waals surface area contributed by atoms with Gasteiger partial charge in [0.25, 0.3) is 0 Å². The third-order valence-corrected chi connectivity index (χ3v) is 7.83. The first-order valence-corrected chi connectivity index (χ1v) is 13.4. The summed E-state index contributed by atoms with van der Waals surface area (Å²) in [5.41, 5.74) is 4.80. The van der Waals surface area contributed by atoms with Gasteiger partial charge in [-0.15, -0.1) is 0 Å². The Kier molecular flexibility index (Phi) is 7.70. The number of hydrogen-bond acceptors (Lipinski definition) is 5. The molecule has 2 atom stereocenters. The van der Waals surface area contributed by atoms with E-state index < -0.39 is 0 Å². The minimum atomic E-state index is -0.287. The molecule has 1 amide bonds. The number of benzene rings is 2. The Hall–Kier alpha value is -3.45. The van der Waals surface area contributed by atoms with Gasteiger partial charge < -0.3 is 10.2 Å². The average Bonchev–Trinajstić information content (AvgIpc) is 3.23. The second-order valence-corrected chi connectivity index (χ2v) is 10.4. The molecule has 7 nitrogen and oxygen atoms in total. The minimum absolute atomic E-state index is 0.0732. The molecule has 1 saturated heterocycles. The van der Waals surface area contributed by atoms with E-state index in [-0.39, 0.29) is 18.0 Å². The molecule has 1 aromatic heterocycles. The van der Waals surface area contributed by atoms with Gasteiger partial charge in [0.15, 0.2) is 0 Å². The van der Waals surface area contributed by atoms with E-state index in [1.807, 2.05) is 36.9 Å². The lowest BCUT2D eigenvalue weighted by molar-refractivity contribution is -0.133. The van der Waals surface area contributed by atoms with Gasteiger partial charge in [0.05, 0.1) is 0 Å². The highest BCUT2D eigenvalue weighted by Crippen LogP contribution is 2.31. The quantitative estimate of drug-likeness (QED) is 0.572. The van der Waals surface area contributed by atoms with E-state index in [0.717, 1.165) is 49.3 Å². The van der Waals surface area contributed by atoms with Crippen LogP contribution in [0, 0.1) is 13.8 Å². The number of anilines is 1. The Balaban J connectivity index is 1.40. The molecular formula is C30H37N5O2. The number of carbonyl (C=O) groups is 1. The van der Waals surface area contributed by atoms with Crippen LogP contribution in [0.3, 0.4) is 0 Å². The normalized spacial score (nSPS) is 20.1. The lowest BCUT2D eigenvalue weighted by Gasteiger charge is -2.34. The number of para-hydroxylation sites is 1. The van der Waals surface area contributed by atoms with Crippen LogP contribution in [0.25, 0.3) is 0 Å². The summed E-state index contributed by atoms with van der Waals surface area (Å²) in [6.45, 7) is 7.12. The molecule has 1 fully saturated rings. The number of rotatable bonds is 5. The van der Waals surface area contributed by atoms with Crippen LogP contribution in [0.15, 0.2) is 65.5 Å². The van der Waals surface area contributed by atoms with E-state index in [2.05, 4.69) is 57.7 Å². The Morgan fingerprint density at radius 2 is 1.76 bits per heavy atom. The molecule has 2 aliphatic rings. The number of nitrogens with zero attached hydrogens (tertiary/aromatic N) is 4. The molecule has 5 rings (SSSR count). The van der Waals surface area contributed by atoms with Crippen LogP contribution in [-0.2, 0) is 24.4 Å². The number of amides is 1. The predicted octanol–water partition coefficient (Wildman–Crippen LogP) is 4.13. The second-order valence-electron chi connectivity index (χ2n) is 10.4. The maximum Gasteiger partial charge on any atom is 0.347 e. The van der Waals surface area contributed by atoms with Crippen molar-refractivity contribution in [3.05, 3.63) is 93.7 Å². The molecule has 0 aliphatic carbocycles. The topological polar surface area (TPSA) is 70.5 Å². The number of fused-ring (bicyclic) bond motifs is 3. The average molecular weight is 500 g/mol. The van der Waals surface area contributed by atoms with Crippen LogP contribution < -0.4 is 11.0 Å². The molecule has 2 aliphatic heterocycles. The summed E-state index contributed by atoms with van der Waals surface area (Å²) in [6.07, 6.45) is 3.58. The molecule has 3 aromatic rings. The number of hydrogen-bond donors (Lipinski definition) is 1. The van der Waals surface area contributed by atoms with Gasteiger partial charge in [-0.3, -0.25) is 14.3 Å². The Bertz CT molecular complexity index is 1290. The molecule has 0 radical (unpaired) electrons. The van der Waals surface area contributed by atoms with Crippen LogP contribution in [0.1, 0.15) is 48.2 Å². The monoisotopic (exact) mass is 499 g/mol. The van der Waals surface area contributed by atoms with Crippen molar-refractivity contribution in [2.75, 3.05) is 18.4 Å². The molecule has 0 saturated carbocycles. The molecule has 37 heavy (non-hydrogen) atoms. The molecule has 1 N–H and O–H groups in total. The highest BCUT2D eigenvalue weighted by molar-refractivity contribution is 5.76. The molecule has 2 aromatic carbocycles. The van der Waals surface area contributed by atoms with Crippen molar-refractivity contribution in [2.45, 2.75) is 71.2 Å². The summed E-state index contributed by atoms with van der Waals surface area (Å²) >= 11 is 0. The highest BCUT2D eigenvalue weighted by atomic mass is 16.2. The van der Waals surface area contributed by atoms with Crippen molar-refractivity contribution in [2.24, 2.45) is 0 Å². The summed E-state index contributed by atoms with van der Waals surface area (Å²) in [5.74, 6) is 0.0732. The largest absolute Gasteiger partial charge is 0.385 e. The van der Waals surface area contributed by atoms with Gasteiger partial charge in [-0.2, -0.15) is 4.98 Å². The summed E-state index contributed by atoms with van der Waals surface area (Å²) in [7, 11) is 0. The van der Waals surface area contributed by atoms with E-state index in [1.165, 1.54) is 5.56 Å². The van der Waals surface area contributed by atoms with Crippen LogP contribution in [0.4, 0.5) is 5.69 Å². The SMILES string of the molecule is Cc1cc(C)n(CCC(=O)N2Cc3ccccc3NCC[C@@H]3CC[C@H](C2)N3Cc2ccccc2)c(=O)n1. The van der Waals surface area contributed by atoms with Crippen LogP contribution in [0.5, 0.6) is 0 Å². The number of aromatic nitrogens is 2. The van der Waals surface area contributed by atoms with E-state index in [0.29, 0.717) is 37.4 Å². The van der Waals surface area contributed by atoms with Crippen molar-refractivity contribution in [3.63, 3.8) is 0 Å². The zero-order valence-electron chi connectivity index (χ0n) is 21.9. The minimum Gasteiger partial charge on any atom is -0.385 e. The number of aryl methyl sites for hydroxylation is 2. The fourth-order valence-electron chi connectivity index (χ4n) is 5.90. The zero-order chi connectivity index (χ0) is 25.8. The molecule has 2 bridgehead atoms. The lowest BCUT2D eigenvalue weighted by Crippen LogP contribution is -2.45. The second kappa shape index (κ2) is 11.3. The van der Waals surface area contributed by atoms with Gasteiger partial charge in [0, 0.05) is 68.3 Å². The maximum atomic E-state index is 13.7. The third kappa shape index (κ3) is 5.93. The molecule has 0 unspecified atom stereocenters. The molecule has 3 heterocycles. The van der Waals surface area contributed by atoms with Crippen molar-refractivity contribution in [1.29, 1.82) is 0 Å². The first kappa shape index (κ1) is 25.2. The van der Waals surface area contributed by atoms with Crippen LogP contribution in [-0.4, -0.2) is 50.4 Å². The maximum absolute atomic E-state index is 13.7. The smallest absolute Gasteiger partial charge is 0.347 e. The van der Waals surface area contributed by atoms with E-state index >= 15 is 0 Å². The Morgan fingerprint density at radius 1 is 1.00 bits per heavy atom. The predicted molar refractivity (Wildman–Crippen MR) is 146 cm³/mol. The first-order valence-electron chi connectivity index (χ1n) is 13.4. The van der Waals surface area contributed by atoms with Gasteiger partial charge in [-0.1, -0.05) is 48.5 Å². The van der Waals surface area contributed by atoms with Crippen molar-refractivity contribution >= 4 is 11.6 Å². The van der Waals surface area contributed by atoms with Gasteiger partial charge >= 0.3 is 5.69 Å². The van der Waals surface area contributed by atoms with E-state index in [1.54, 1.807) is 4.57 Å². The fraction of sp³-hybridized carbons (Fsp3) is 0.433. The summed E-state index contributed by atoms with van der Waals surface area (Å²) in [6, 6.07) is 21.6. The lowest BCUT2D eigenvalue weighted by atomic mass is 10.1. The molecular weight excluding hydrogens is 462 g/mol. The first-order chi connectivity index (χ1) is 18.0. The van der Waals surface area contributed by atoms with Crippen molar-refractivity contribution < 1.29 is 4.79 Å². The van der Waals surface area contributed by atoms with Crippen LogP contribution in [0.2, 0.25) is 0 Å². The summed E-state index contributed by atoms with van der Waals surface area (Å²) < 4.78 is 1.61. The van der Waals surface area contributed by atoms with E-state index in [4.69, 9.17) is 0 Å². The highest BCUT2D eigenvalue weighted by Gasteiger charge is 2.35. The Labute approximate surface area is 219 Å². The summed E-state index contributed by atoms with van der Waals surface area (Å²) in [4.78, 5) is 34.9. The Morgan fingerprint density at radius 3 is 2.57 bits per heavy atom. The van der Waals surface area contributed by atoms with Crippen molar-refractivity contribution in [3.8, 4) is 0 Å². The van der Waals surface area contributed by atoms with Gasteiger partial charge in [-0.25, -0.2) is 4.79 Å². The van der Waals surface area contributed by atoms with Crippen molar-refractivity contribution in [1.82, 2.24) is 19.4 Å². The standard InChI is InChI=1S/C30H37N5O2/c1-22-18-23(2)34(30(37)32-22)17-15-29(36)33-20-25-10-6-7-11-28(25)31-16-14-26-12-13-27(21-33)35(26)19-24-8-4-3-5-9-24/h3-11,18,26-27,31H,12-17,19-21H2,1-2H3/t26-,27+/m0/s1. The number of nitrogens with one attached hydrogen (secondary N) is 1. The van der Waals surface area contributed by atoms with Gasteiger partial charge in [-0.05, 0) is 56.4 Å². The number of carbonyl (C=O) groups excluding carboxylic acids is 1. The molecule has 0 spiro atoms. The molecule has 7 heteroatoms. The zero-order valence-corrected chi connectivity index (χ0v) is 21.9. The van der Waals surface area contributed by atoms with Gasteiger partial charge in [0.1, 0.15) is 0 Å². The van der Waals surface area contributed by atoms with Crippen LogP contribution >= 0.6 is 0 Å². The van der Waals surface area contributed by atoms with E-state index in [9.17, 15) is 9.59 Å².